The molecule has 0 aliphatic heterocycles. The molecule has 4 rings (SSSR count). The fourth-order valence-electron chi connectivity index (χ4n) is 3.61. The Bertz CT molecular complexity index is 1080. The van der Waals surface area contributed by atoms with E-state index in [1.54, 1.807) is 6.07 Å². The Balaban J connectivity index is 2.01. The summed E-state index contributed by atoms with van der Waals surface area (Å²) in [6, 6.07) is 31.8. The summed E-state index contributed by atoms with van der Waals surface area (Å²) in [6.07, 6.45) is 0. The van der Waals surface area contributed by atoms with Crippen LogP contribution < -0.4 is 5.32 Å². The van der Waals surface area contributed by atoms with Crippen molar-refractivity contribution in [3.8, 4) is 22.3 Å². The number of nitrogens with one attached hydrogen (secondary N) is 1. The Morgan fingerprint density at radius 2 is 1.17 bits per heavy atom. The first-order valence-corrected chi connectivity index (χ1v) is 10.2. The molecule has 0 atom stereocenters. The lowest BCUT2D eigenvalue weighted by Crippen LogP contribution is -2.12. The molecule has 0 fully saturated rings. The average molecular weight is 396 g/mol. The average Bonchev–Trinajstić information content (AvgIpc) is 2.74. The minimum absolute atomic E-state index is 0.00948. The van der Waals surface area contributed by atoms with Crippen molar-refractivity contribution in [1.29, 1.82) is 0 Å². The SMILES string of the molecule is CC(C)(C)c1cc(-c2ccccc2)c(Nc2cccc(F)c2)c(-c2ccccc2)c1. The molecular weight excluding hydrogens is 369 g/mol. The quantitative estimate of drug-likeness (QED) is 0.367. The summed E-state index contributed by atoms with van der Waals surface area (Å²) >= 11 is 0. The van der Waals surface area contributed by atoms with Crippen LogP contribution in [0.25, 0.3) is 22.3 Å². The van der Waals surface area contributed by atoms with Crippen molar-refractivity contribution in [2.45, 2.75) is 26.2 Å². The third kappa shape index (κ3) is 4.28. The van der Waals surface area contributed by atoms with Gasteiger partial charge in [0.1, 0.15) is 5.82 Å². The van der Waals surface area contributed by atoms with Crippen LogP contribution in [0.4, 0.5) is 15.8 Å². The molecule has 0 bridgehead atoms. The van der Waals surface area contributed by atoms with Crippen molar-refractivity contribution in [2.75, 3.05) is 5.32 Å². The lowest BCUT2D eigenvalue weighted by atomic mass is 9.82. The van der Waals surface area contributed by atoms with E-state index >= 15 is 0 Å². The summed E-state index contributed by atoms with van der Waals surface area (Å²) < 4.78 is 13.9. The highest BCUT2D eigenvalue weighted by Gasteiger charge is 2.21. The molecule has 2 heteroatoms. The van der Waals surface area contributed by atoms with Crippen LogP contribution in [0.1, 0.15) is 26.3 Å². The lowest BCUT2D eigenvalue weighted by molar-refractivity contribution is 0.591. The number of rotatable bonds is 4. The third-order valence-electron chi connectivity index (χ3n) is 5.27. The van der Waals surface area contributed by atoms with Gasteiger partial charge in [-0.2, -0.15) is 0 Å². The van der Waals surface area contributed by atoms with Crippen LogP contribution in [0.5, 0.6) is 0 Å². The molecule has 30 heavy (non-hydrogen) atoms. The van der Waals surface area contributed by atoms with Crippen molar-refractivity contribution in [2.24, 2.45) is 0 Å². The molecule has 0 aliphatic rings. The van der Waals surface area contributed by atoms with Crippen LogP contribution >= 0.6 is 0 Å². The second kappa shape index (κ2) is 8.16. The first-order valence-electron chi connectivity index (χ1n) is 10.2. The standard InChI is InChI=1S/C28H26FN/c1-28(2,3)22-17-25(20-11-6-4-7-12-20)27(30-24-16-10-15-23(29)19-24)26(18-22)21-13-8-5-9-14-21/h4-19,30H,1-3H3. The minimum Gasteiger partial charge on any atom is -0.354 e. The minimum atomic E-state index is -0.256. The molecule has 4 aromatic carbocycles. The summed E-state index contributed by atoms with van der Waals surface area (Å²) in [5.41, 5.74) is 7.41. The molecule has 0 aromatic heterocycles. The van der Waals surface area contributed by atoms with E-state index < -0.39 is 0 Å². The molecule has 150 valence electrons. The maximum absolute atomic E-state index is 13.9. The molecule has 0 unspecified atom stereocenters. The maximum atomic E-state index is 13.9. The third-order valence-corrected chi connectivity index (χ3v) is 5.27. The van der Waals surface area contributed by atoms with Crippen LogP contribution in [-0.4, -0.2) is 0 Å². The summed E-state index contributed by atoms with van der Waals surface area (Å²) in [7, 11) is 0. The predicted octanol–water partition coefficient (Wildman–Crippen LogP) is 8.20. The van der Waals surface area contributed by atoms with E-state index in [9.17, 15) is 4.39 Å². The van der Waals surface area contributed by atoms with Crippen LogP contribution in [-0.2, 0) is 5.41 Å². The van der Waals surface area contributed by atoms with Crippen molar-refractivity contribution in [1.82, 2.24) is 0 Å². The number of benzene rings is 4. The van der Waals surface area contributed by atoms with Gasteiger partial charge >= 0.3 is 0 Å². The van der Waals surface area contributed by atoms with Gasteiger partial charge in [0.15, 0.2) is 0 Å². The van der Waals surface area contributed by atoms with Crippen LogP contribution in [0, 0.1) is 5.82 Å². The molecular formula is C28H26FN. The van der Waals surface area contributed by atoms with E-state index in [0.717, 1.165) is 33.6 Å². The Hall–Kier alpha value is -3.39. The van der Waals surface area contributed by atoms with Gasteiger partial charge in [-0.05, 0) is 52.4 Å². The van der Waals surface area contributed by atoms with Gasteiger partial charge in [0.05, 0.1) is 5.69 Å². The molecule has 0 radical (unpaired) electrons. The normalized spacial score (nSPS) is 11.3. The van der Waals surface area contributed by atoms with E-state index in [2.05, 4.69) is 62.5 Å². The van der Waals surface area contributed by atoms with Crippen LogP contribution in [0.3, 0.4) is 0 Å². The summed E-state index contributed by atoms with van der Waals surface area (Å²) in [6.45, 7) is 6.68. The second-order valence-electron chi connectivity index (χ2n) is 8.56. The van der Waals surface area contributed by atoms with Gasteiger partial charge in [0.25, 0.3) is 0 Å². The van der Waals surface area contributed by atoms with Gasteiger partial charge in [-0.25, -0.2) is 4.39 Å². The molecule has 0 amide bonds. The summed E-state index contributed by atoms with van der Waals surface area (Å²) in [5.74, 6) is -0.256. The molecule has 0 heterocycles. The number of anilines is 2. The van der Waals surface area contributed by atoms with Gasteiger partial charge in [-0.15, -0.1) is 0 Å². The predicted molar refractivity (Wildman–Crippen MR) is 126 cm³/mol. The van der Waals surface area contributed by atoms with Crippen molar-refractivity contribution >= 4 is 11.4 Å². The maximum Gasteiger partial charge on any atom is 0.125 e. The van der Waals surface area contributed by atoms with Gasteiger partial charge in [-0.1, -0.05) is 87.5 Å². The fourth-order valence-corrected chi connectivity index (χ4v) is 3.61. The smallest absolute Gasteiger partial charge is 0.125 e. The molecule has 4 aromatic rings. The molecule has 0 spiro atoms. The second-order valence-corrected chi connectivity index (χ2v) is 8.56. The van der Waals surface area contributed by atoms with Gasteiger partial charge < -0.3 is 5.32 Å². The van der Waals surface area contributed by atoms with E-state index in [4.69, 9.17) is 0 Å². The zero-order valence-electron chi connectivity index (χ0n) is 17.6. The van der Waals surface area contributed by atoms with E-state index in [0.29, 0.717) is 0 Å². The largest absolute Gasteiger partial charge is 0.354 e. The van der Waals surface area contributed by atoms with E-state index in [1.807, 2.05) is 42.5 Å². The zero-order chi connectivity index (χ0) is 21.1. The Labute approximate surface area is 178 Å². The monoisotopic (exact) mass is 395 g/mol. The molecule has 0 saturated carbocycles. The number of hydrogen-bond donors (Lipinski definition) is 1. The van der Waals surface area contributed by atoms with Crippen molar-refractivity contribution in [3.63, 3.8) is 0 Å². The highest BCUT2D eigenvalue weighted by molar-refractivity contribution is 5.93. The van der Waals surface area contributed by atoms with Gasteiger partial charge in [0, 0.05) is 16.8 Å². The number of hydrogen-bond acceptors (Lipinski definition) is 1. The fraction of sp³-hybridized carbons (Fsp3) is 0.143. The van der Waals surface area contributed by atoms with Crippen molar-refractivity contribution < 1.29 is 4.39 Å². The van der Waals surface area contributed by atoms with Gasteiger partial charge in [0.2, 0.25) is 0 Å². The van der Waals surface area contributed by atoms with Crippen LogP contribution in [0.15, 0.2) is 97.1 Å². The van der Waals surface area contributed by atoms with Crippen LogP contribution in [0.2, 0.25) is 0 Å². The Morgan fingerprint density at radius 1 is 0.633 bits per heavy atom. The molecule has 1 N–H and O–H groups in total. The first kappa shape index (κ1) is 19.9. The summed E-state index contributed by atoms with van der Waals surface area (Å²) in [4.78, 5) is 0. The Kier molecular flexibility index (Phi) is 5.41. The number of halogens is 1. The van der Waals surface area contributed by atoms with E-state index in [-0.39, 0.29) is 11.2 Å². The zero-order valence-corrected chi connectivity index (χ0v) is 17.6. The van der Waals surface area contributed by atoms with Crippen molar-refractivity contribution in [3.05, 3.63) is 108 Å². The van der Waals surface area contributed by atoms with Gasteiger partial charge in [-0.3, -0.25) is 0 Å². The summed E-state index contributed by atoms with van der Waals surface area (Å²) in [5, 5.41) is 3.52. The first-order chi connectivity index (χ1) is 14.4. The molecule has 1 nitrogen and oxygen atoms in total. The van der Waals surface area contributed by atoms with E-state index in [1.165, 1.54) is 17.7 Å². The highest BCUT2D eigenvalue weighted by atomic mass is 19.1. The Morgan fingerprint density at radius 3 is 1.63 bits per heavy atom. The molecule has 0 saturated heterocycles. The molecule has 0 aliphatic carbocycles. The topological polar surface area (TPSA) is 12.0 Å². The lowest BCUT2D eigenvalue weighted by Gasteiger charge is -2.25. The highest BCUT2D eigenvalue weighted by Crippen LogP contribution is 2.42.